The molecule has 2 heterocycles. The highest BCUT2D eigenvalue weighted by Gasteiger charge is 2.19. The number of hydrogen-bond acceptors (Lipinski definition) is 5. The topological polar surface area (TPSA) is 110 Å². The predicted octanol–water partition coefficient (Wildman–Crippen LogP) is 4.53. The fourth-order valence-electron chi connectivity index (χ4n) is 4.58. The van der Waals surface area contributed by atoms with Crippen LogP contribution in [0.15, 0.2) is 73.3 Å². The van der Waals surface area contributed by atoms with Gasteiger partial charge in [0, 0.05) is 60.2 Å². The molecule has 38 heavy (non-hydrogen) atoms. The summed E-state index contributed by atoms with van der Waals surface area (Å²) in [6.45, 7) is 9.73. The lowest BCUT2D eigenvalue weighted by Gasteiger charge is -2.33. The Bertz CT molecular complexity index is 1270. The molecule has 4 rings (SSSR count). The molecule has 0 fully saturated rings. The fraction of sp³-hybridized carbons (Fsp3) is 0.310. The van der Waals surface area contributed by atoms with E-state index >= 15 is 0 Å². The van der Waals surface area contributed by atoms with Crippen molar-refractivity contribution in [2.75, 3.05) is 4.90 Å². The first-order chi connectivity index (χ1) is 18.3. The molecule has 0 unspecified atom stereocenters. The third-order valence-corrected chi connectivity index (χ3v) is 6.25. The summed E-state index contributed by atoms with van der Waals surface area (Å²) in [5, 5.41) is 2.99. The van der Waals surface area contributed by atoms with Crippen molar-refractivity contribution in [3.63, 3.8) is 0 Å². The number of nitrogens with one attached hydrogen (secondary N) is 3. The Balaban J connectivity index is 1.41. The summed E-state index contributed by atoms with van der Waals surface area (Å²) < 4.78 is 0. The van der Waals surface area contributed by atoms with E-state index in [0.29, 0.717) is 54.5 Å². The Hall–Kier alpha value is -4.40. The second-order valence-corrected chi connectivity index (χ2v) is 9.76. The molecule has 0 bridgehead atoms. The van der Waals surface area contributed by atoms with Gasteiger partial charge in [0.2, 0.25) is 0 Å². The molecule has 0 aliphatic carbocycles. The minimum Gasteiger partial charge on any atom is -0.367 e. The normalized spacial score (nSPS) is 11.1. The van der Waals surface area contributed by atoms with E-state index in [1.165, 1.54) is 0 Å². The van der Waals surface area contributed by atoms with Crippen LogP contribution in [0, 0.1) is 0 Å². The quantitative estimate of drug-likeness (QED) is 0.273. The maximum Gasteiger partial charge on any atom is 0.254 e. The SMILES string of the molecule is CC(C)N(c1cccc(CNC(=O)c2ccc(C(=O)N(Cc3ncc[nH]3)Cc3ncc[nH]3)cc2)c1)C(C)C. The molecule has 2 aromatic carbocycles. The second-order valence-electron chi connectivity index (χ2n) is 9.76. The minimum absolute atomic E-state index is 0.179. The molecule has 0 radical (unpaired) electrons. The number of anilines is 1. The van der Waals surface area contributed by atoms with E-state index in [1.54, 1.807) is 54.0 Å². The highest BCUT2D eigenvalue weighted by molar-refractivity contribution is 5.97. The average molecular weight is 514 g/mol. The van der Waals surface area contributed by atoms with Crippen molar-refractivity contribution in [2.24, 2.45) is 0 Å². The molecule has 0 atom stereocenters. The average Bonchev–Trinajstić information content (AvgIpc) is 3.61. The van der Waals surface area contributed by atoms with Crippen LogP contribution in [0.5, 0.6) is 0 Å². The van der Waals surface area contributed by atoms with E-state index in [4.69, 9.17) is 0 Å². The minimum atomic E-state index is -0.193. The molecule has 0 spiro atoms. The van der Waals surface area contributed by atoms with Gasteiger partial charge in [-0.3, -0.25) is 9.59 Å². The molecule has 4 aromatic rings. The van der Waals surface area contributed by atoms with E-state index < -0.39 is 0 Å². The van der Waals surface area contributed by atoms with Crippen LogP contribution in [0.25, 0.3) is 0 Å². The molecule has 0 saturated heterocycles. The number of imidazole rings is 2. The smallest absolute Gasteiger partial charge is 0.254 e. The molecule has 3 N–H and O–H groups in total. The third-order valence-electron chi connectivity index (χ3n) is 6.25. The number of rotatable bonds is 11. The van der Waals surface area contributed by atoms with Gasteiger partial charge in [-0.25, -0.2) is 9.97 Å². The molecule has 0 aliphatic rings. The summed E-state index contributed by atoms with van der Waals surface area (Å²) in [4.78, 5) is 44.7. The number of hydrogen-bond donors (Lipinski definition) is 3. The lowest BCUT2D eigenvalue weighted by Crippen LogP contribution is -2.37. The van der Waals surface area contributed by atoms with E-state index in [-0.39, 0.29) is 11.8 Å². The molecule has 2 amide bonds. The Morgan fingerprint density at radius 2 is 1.42 bits per heavy atom. The van der Waals surface area contributed by atoms with E-state index in [1.807, 2.05) is 12.1 Å². The zero-order valence-corrected chi connectivity index (χ0v) is 22.3. The van der Waals surface area contributed by atoms with Crippen LogP contribution in [-0.2, 0) is 19.6 Å². The number of carbonyl (C=O) groups excluding carboxylic acids is 2. The third kappa shape index (κ3) is 6.67. The van der Waals surface area contributed by atoms with Gasteiger partial charge in [0.15, 0.2) is 0 Å². The second kappa shape index (κ2) is 12.2. The number of nitrogens with zero attached hydrogens (tertiary/aromatic N) is 4. The summed E-state index contributed by atoms with van der Waals surface area (Å²) in [5.41, 5.74) is 3.14. The number of benzene rings is 2. The van der Waals surface area contributed by atoms with Gasteiger partial charge in [0.25, 0.3) is 11.8 Å². The molecule has 198 valence electrons. The van der Waals surface area contributed by atoms with E-state index in [0.717, 1.165) is 11.3 Å². The highest BCUT2D eigenvalue weighted by Crippen LogP contribution is 2.21. The fourth-order valence-corrected chi connectivity index (χ4v) is 4.58. The van der Waals surface area contributed by atoms with Crippen LogP contribution in [-0.4, -0.2) is 48.7 Å². The maximum atomic E-state index is 13.3. The zero-order valence-electron chi connectivity index (χ0n) is 22.3. The van der Waals surface area contributed by atoms with Gasteiger partial charge < -0.3 is 25.1 Å². The summed E-state index contributed by atoms with van der Waals surface area (Å²) in [7, 11) is 0. The lowest BCUT2D eigenvalue weighted by atomic mass is 10.1. The van der Waals surface area contributed by atoms with Crippen molar-refractivity contribution in [3.8, 4) is 0 Å². The van der Waals surface area contributed by atoms with Crippen molar-refractivity contribution in [2.45, 2.75) is 59.4 Å². The number of amides is 2. The van der Waals surface area contributed by atoms with Gasteiger partial charge in [-0.05, 0) is 69.7 Å². The molecular weight excluding hydrogens is 478 g/mol. The highest BCUT2D eigenvalue weighted by atomic mass is 16.2. The van der Waals surface area contributed by atoms with Crippen LogP contribution in [0.3, 0.4) is 0 Å². The maximum absolute atomic E-state index is 13.3. The van der Waals surface area contributed by atoms with Crippen molar-refractivity contribution in [1.29, 1.82) is 0 Å². The first-order valence-corrected chi connectivity index (χ1v) is 12.8. The number of aromatic nitrogens is 4. The zero-order chi connectivity index (χ0) is 27.1. The summed E-state index contributed by atoms with van der Waals surface area (Å²) >= 11 is 0. The first kappa shape index (κ1) is 26.7. The van der Waals surface area contributed by atoms with Crippen molar-refractivity contribution in [3.05, 3.63) is 102 Å². The monoisotopic (exact) mass is 513 g/mol. The molecule has 2 aromatic heterocycles. The van der Waals surface area contributed by atoms with E-state index in [9.17, 15) is 9.59 Å². The Kier molecular flexibility index (Phi) is 8.58. The van der Waals surface area contributed by atoms with E-state index in [2.05, 4.69) is 70.0 Å². The molecule has 0 aliphatic heterocycles. The number of aromatic amines is 2. The van der Waals surface area contributed by atoms with Gasteiger partial charge in [-0.15, -0.1) is 0 Å². The summed E-state index contributed by atoms with van der Waals surface area (Å²) in [6.07, 6.45) is 6.75. The number of carbonyl (C=O) groups is 2. The first-order valence-electron chi connectivity index (χ1n) is 12.8. The van der Waals surface area contributed by atoms with Crippen LogP contribution >= 0.6 is 0 Å². The van der Waals surface area contributed by atoms with Crippen molar-refractivity contribution >= 4 is 17.5 Å². The molecule has 9 nitrogen and oxygen atoms in total. The Morgan fingerprint density at radius 3 is 1.95 bits per heavy atom. The van der Waals surface area contributed by atoms with Crippen LogP contribution in [0.4, 0.5) is 5.69 Å². The van der Waals surface area contributed by atoms with Gasteiger partial charge >= 0.3 is 0 Å². The van der Waals surface area contributed by atoms with Crippen LogP contribution < -0.4 is 10.2 Å². The summed E-state index contributed by atoms with van der Waals surface area (Å²) in [5.74, 6) is 0.980. The van der Waals surface area contributed by atoms with Gasteiger partial charge in [0.05, 0.1) is 13.1 Å². The Morgan fingerprint density at radius 1 is 0.842 bits per heavy atom. The van der Waals surface area contributed by atoms with Crippen LogP contribution in [0.2, 0.25) is 0 Å². The Labute approximate surface area is 223 Å². The van der Waals surface area contributed by atoms with Crippen LogP contribution in [0.1, 0.15) is 65.6 Å². The number of H-pyrrole nitrogens is 2. The predicted molar refractivity (Wildman–Crippen MR) is 148 cm³/mol. The van der Waals surface area contributed by atoms with Crippen molar-refractivity contribution < 1.29 is 9.59 Å². The summed E-state index contributed by atoms with van der Waals surface area (Å²) in [6, 6.07) is 15.7. The van der Waals surface area contributed by atoms with Gasteiger partial charge in [-0.2, -0.15) is 0 Å². The largest absolute Gasteiger partial charge is 0.367 e. The molecular formula is C29H35N7O2. The lowest BCUT2D eigenvalue weighted by molar-refractivity contribution is 0.0721. The van der Waals surface area contributed by atoms with Gasteiger partial charge in [-0.1, -0.05) is 12.1 Å². The van der Waals surface area contributed by atoms with Gasteiger partial charge in [0.1, 0.15) is 11.6 Å². The molecule has 0 saturated carbocycles. The van der Waals surface area contributed by atoms with Crippen molar-refractivity contribution in [1.82, 2.24) is 30.2 Å². The standard InChI is InChI=1S/C29H35N7O2/c1-20(2)36(21(3)4)25-7-5-6-22(16-25)17-34-28(37)23-8-10-24(11-9-23)29(38)35(18-26-30-12-13-31-26)19-27-32-14-15-33-27/h5-16,20-21H,17-19H2,1-4H3,(H,30,31)(H,32,33)(H,34,37). The molecule has 9 heteroatoms.